The zero-order chi connectivity index (χ0) is 24.4. The maximum Gasteiger partial charge on any atom is 0.407 e. The zero-order valence-corrected chi connectivity index (χ0v) is 19.6. The van der Waals surface area contributed by atoms with Gasteiger partial charge in [-0.15, -0.1) is 0 Å². The van der Waals surface area contributed by atoms with Crippen molar-refractivity contribution in [2.24, 2.45) is 11.8 Å². The molecule has 0 aliphatic heterocycles. The number of Topliss-reactive ketones (excluding diaryl/α,β-unsaturated/α-hetero) is 1. The monoisotopic (exact) mass is 443 g/mol. The van der Waals surface area contributed by atoms with Crippen LogP contribution in [0.25, 0.3) is 0 Å². The average Bonchev–Trinajstić information content (AvgIpc) is 2.60. The van der Waals surface area contributed by atoms with Crippen molar-refractivity contribution in [1.29, 1.82) is 0 Å². The lowest BCUT2D eigenvalue weighted by atomic mass is 9.88. The van der Waals surface area contributed by atoms with Gasteiger partial charge in [-0.3, -0.25) is 14.4 Å². The molecule has 0 fully saturated rings. The molecule has 10 nitrogen and oxygen atoms in total. The Hall–Kier alpha value is -2.65. The number of carbonyl (C=O) groups is 5. The Kier molecular flexibility index (Phi) is 11.8. The third-order valence-corrected chi connectivity index (χ3v) is 4.40. The molecule has 0 aromatic heterocycles. The molecule has 0 aromatic rings. The van der Waals surface area contributed by atoms with Crippen molar-refractivity contribution in [1.82, 2.24) is 15.5 Å². The van der Waals surface area contributed by atoms with Crippen LogP contribution < -0.4 is 10.6 Å². The van der Waals surface area contributed by atoms with Crippen LogP contribution in [-0.4, -0.2) is 71.9 Å². The first-order chi connectivity index (χ1) is 14.1. The Bertz CT molecular complexity index is 654. The SMILES string of the molecule is CC(C)[C@H](CC(=O)CCCC(=O)N(C)C)C(=O)N[C@@H](CNC(=O)OC(C)(C)C)C(=O)O. The number of aliphatic carboxylic acids is 1. The molecule has 0 rings (SSSR count). The van der Waals surface area contributed by atoms with Gasteiger partial charge in [-0.2, -0.15) is 0 Å². The molecule has 2 atom stereocenters. The first-order valence-corrected chi connectivity index (χ1v) is 10.4. The quantitative estimate of drug-likeness (QED) is 0.415. The normalized spacial score (nSPS) is 13.2. The molecule has 3 N–H and O–H groups in total. The lowest BCUT2D eigenvalue weighted by molar-refractivity contribution is -0.142. The summed E-state index contributed by atoms with van der Waals surface area (Å²) >= 11 is 0. The number of carboxylic acid groups (broad SMARTS) is 1. The summed E-state index contributed by atoms with van der Waals surface area (Å²) in [6.45, 7) is 8.18. The highest BCUT2D eigenvalue weighted by molar-refractivity contribution is 5.90. The van der Waals surface area contributed by atoms with Crippen molar-refractivity contribution in [3.63, 3.8) is 0 Å². The summed E-state index contributed by atoms with van der Waals surface area (Å²) in [6, 6.07) is -1.37. The molecule has 0 saturated carbocycles. The van der Waals surface area contributed by atoms with E-state index in [4.69, 9.17) is 4.74 Å². The predicted molar refractivity (Wildman–Crippen MR) is 114 cm³/mol. The van der Waals surface area contributed by atoms with Gasteiger partial charge in [-0.05, 0) is 33.1 Å². The standard InChI is InChI=1S/C21H37N3O7/c1-13(2)15(11-14(25)9-8-10-17(26)24(6)7)18(27)23-16(19(28)29)12-22-20(30)31-21(3,4)5/h13,15-16H,8-12H2,1-7H3,(H,22,30)(H,23,27)(H,28,29)/t15-,16-/m0/s1. The van der Waals surface area contributed by atoms with Crippen LogP contribution in [-0.2, 0) is 23.9 Å². The highest BCUT2D eigenvalue weighted by atomic mass is 16.6. The van der Waals surface area contributed by atoms with E-state index in [2.05, 4.69) is 10.6 Å². The lowest BCUT2D eigenvalue weighted by Gasteiger charge is -2.24. The summed E-state index contributed by atoms with van der Waals surface area (Å²) in [4.78, 5) is 61.2. The van der Waals surface area contributed by atoms with E-state index >= 15 is 0 Å². The molecule has 0 bridgehead atoms. The summed E-state index contributed by atoms with van der Waals surface area (Å²) in [5, 5.41) is 14.1. The van der Waals surface area contributed by atoms with Crippen LogP contribution in [0.15, 0.2) is 0 Å². The van der Waals surface area contributed by atoms with Crippen molar-refractivity contribution in [3.8, 4) is 0 Å². The van der Waals surface area contributed by atoms with Crippen molar-refractivity contribution < 1.29 is 33.8 Å². The Morgan fingerprint density at radius 3 is 2.06 bits per heavy atom. The molecular formula is C21H37N3O7. The van der Waals surface area contributed by atoms with Crippen molar-refractivity contribution >= 4 is 29.7 Å². The largest absolute Gasteiger partial charge is 0.480 e. The van der Waals surface area contributed by atoms with Gasteiger partial charge in [-0.1, -0.05) is 13.8 Å². The Balaban J connectivity index is 4.83. The van der Waals surface area contributed by atoms with E-state index in [1.807, 2.05) is 0 Å². The third-order valence-electron chi connectivity index (χ3n) is 4.40. The lowest BCUT2D eigenvalue weighted by Crippen LogP contribution is -2.51. The van der Waals surface area contributed by atoms with Crippen LogP contribution >= 0.6 is 0 Å². The molecule has 0 saturated heterocycles. The van der Waals surface area contributed by atoms with Crippen LogP contribution in [0.4, 0.5) is 4.79 Å². The number of hydrogen-bond acceptors (Lipinski definition) is 6. The summed E-state index contributed by atoms with van der Waals surface area (Å²) in [5.74, 6) is -3.07. The van der Waals surface area contributed by atoms with Crippen molar-refractivity contribution in [3.05, 3.63) is 0 Å². The van der Waals surface area contributed by atoms with Gasteiger partial charge in [0.15, 0.2) is 0 Å². The fraction of sp³-hybridized carbons (Fsp3) is 0.762. The summed E-state index contributed by atoms with van der Waals surface area (Å²) in [5.41, 5.74) is -0.744. The molecule has 0 spiro atoms. The maximum atomic E-state index is 12.6. The van der Waals surface area contributed by atoms with Gasteiger partial charge in [0.2, 0.25) is 11.8 Å². The van der Waals surface area contributed by atoms with E-state index < -0.39 is 35.5 Å². The summed E-state index contributed by atoms with van der Waals surface area (Å²) in [7, 11) is 3.28. The second-order valence-corrected chi connectivity index (χ2v) is 9.02. The van der Waals surface area contributed by atoms with Crippen molar-refractivity contribution in [2.75, 3.05) is 20.6 Å². The highest BCUT2D eigenvalue weighted by Gasteiger charge is 2.29. The zero-order valence-electron chi connectivity index (χ0n) is 19.6. The van der Waals surface area contributed by atoms with Crippen LogP contribution in [0.1, 0.15) is 60.3 Å². The predicted octanol–water partition coefficient (Wildman–Crippen LogP) is 1.57. The van der Waals surface area contributed by atoms with Crippen LogP contribution in [0, 0.1) is 11.8 Å². The van der Waals surface area contributed by atoms with Gasteiger partial charge in [0, 0.05) is 39.3 Å². The number of amides is 3. The van der Waals surface area contributed by atoms with Crippen LogP contribution in [0.5, 0.6) is 0 Å². The van der Waals surface area contributed by atoms with Gasteiger partial charge in [0.1, 0.15) is 17.4 Å². The summed E-state index contributed by atoms with van der Waals surface area (Å²) in [6.07, 6.45) is -0.0468. The van der Waals surface area contributed by atoms with E-state index in [0.29, 0.717) is 6.42 Å². The van der Waals surface area contributed by atoms with Gasteiger partial charge in [-0.25, -0.2) is 9.59 Å². The van der Waals surface area contributed by atoms with E-state index in [-0.39, 0.29) is 43.4 Å². The number of nitrogens with one attached hydrogen (secondary N) is 2. The third kappa shape index (κ3) is 12.6. The number of rotatable bonds is 12. The molecule has 178 valence electrons. The van der Waals surface area contributed by atoms with E-state index in [1.54, 1.807) is 48.7 Å². The Labute approximate surface area is 184 Å². The number of hydrogen-bond donors (Lipinski definition) is 3. The molecule has 0 unspecified atom stereocenters. The Morgan fingerprint density at radius 2 is 1.61 bits per heavy atom. The second-order valence-electron chi connectivity index (χ2n) is 9.02. The molecule has 3 amide bonds. The van der Waals surface area contributed by atoms with Crippen LogP contribution in [0.3, 0.4) is 0 Å². The first kappa shape index (κ1) is 28.4. The first-order valence-electron chi connectivity index (χ1n) is 10.4. The smallest absolute Gasteiger partial charge is 0.407 e. The minimum atomic E-state index is -1.37. The molecule has 0 heterocycles. The fourth-order valence-electron chi connectivity index (χ4n) is 2.62. The molecule has 0 aromatic carbocycles. The molecule has 0 aliphatic rings. The van der Waals surface area contributed by atoms with Crippen LogP contribution in [0.2, 0.25) is 0 Å². The fourth-order valence-corrected chi connectivity index (χ4v) is 2.62. The number of alkyl carbamates (subject to hydrolysis) is 1. The number of ketones is 1. The minimum absolute atomic E-state index is 0.0501. The second kappa shape index (κ2) is 12.9. The van der Waals surface area contributed by atoms with Gasteiger partial charge in [0.05, 0.1) is 6.54 Å². The number of ether oxygens (including phenoxy) is 1. The number of carboxylic acids is 1. The average molecular weight is 444 g/mol. The molecular weight excluding hydrogens is 406 g/mol. The van der Waals surface area contributed by atoms with E-state index in [9.17, 15) is 29.1 Å². The minimum Gasteiger partial charge on any atom is -0.480 e. The van der Waals surface area contributed by atoms with Gasteiger partial charge in [0.25, 0.3) is 0 Å². The number of carbonyl (C=O) groups excluding carboxylic acids is 4. The molecule has 10 heteroatoms. The Morgan fingerprint density at radius 1 is 1.03 bits per heavy atom. The topological polar surface area (TPSA) is 142 Å². The summed E-state index contributed by atoms with van der Waals surface area (Å²) < 4.78 is 5.05. The maximum absolute atomic E-state index is 12.6. The van der Waals surface area contributed by atoms with Gasteiger partial charge < -0.3 is 25.4 Å². The van der Waals surface area contributed by atoms with Gasteiger partial charge >= 0.3 is 12.1 Å². The molecule has 0 radical (unpaired) electrons. The van der Waals surface area contributed by atoms with Crippen molar-refractivity contribution in [2.45, 2.75) is 71.9 Å². The highest BCUT2D eigenvalue weighted by Crippen LogP contribution is 2.18. The molecule has 0 aliphatic carbocycles. The van der Waals surface area contributed by atoms with E-state index in [0.717, 1.165) is 0 Å². The molecule has 31 heavy (non-hydrogen) atoms. The number of nitrogens with zero attached hydrogens (tertiary/aromatic N) is 1. The van der Waals surface area contributed by atoms with E-state index in [1.165, 1.54) is 4.90 Å².